The molecule has 2 amide bonds. The van der Waals surface area contributed by atoms with Gasteiger partial charge in [-0.15, -0.1) is 0 Å². The Morgan fingerprint density at radius 2 is 2.18 bits per heavy atom. The zero-order valence-electron chi connectivity index (χ0n) is 20.8. The summed E-state index contributed by atoms with van der Waals surface area (Å²) in [5.41, 5.74) is 1.13. The van der Waals surface area contributed by atoms with Gasteiger partial charge in [0.1, 0.15) is 23.5 Å². The molecule has 0 saturated carbocycles. The Bertz CT molecular complexity index is 1500. The molecule has 0 aliphatic carbocycles. The van der Waals surface area contributed by atoms with Crippen LogP contribution in [0.5, 0.6) is 11.5 Å². The highest BCUT2D eigenvalue weighted by Crippen LogP contribution is 2.37. The van der Waals surface area contributed by atoms with Gasteiger partial charge in [-0.2, -0.15) is 4.99 Å². The van der Waals surface area contributed by atoms with Crippen molar-refractivity contribution >= 4 is 34.5 Å². The fraction of sp³-hybridized carbons (Fsp3) is 0.385. The van der Waals surface area contributed by atoms with Crippen molar-refractivity contribution in [3.63, 3.8) is 0 Å². The van der Waals surface area contributed by atoms with Crippen molar-refractivity contribution in [2.75, 3.05) is 32.1 Å². The van der Waals surface area contributed by atoms with Crippen LogP contribution < -0.4 is 20.4 Å². The number of hydrogen-bond donors (Lipinski definition) is 1. The summed E-state index contributed by atoms with van der Waals surface area (Å²) in [6.07, 6.45) is 4.20. The van der Waals surface area contributed by atoms with Gasteiger partial charge in [0, 0.05) is 43.7 Å². The van der Waals surface area contributed by atoms with Gasteiger partial charge in [-0.05, 0) is 30.7 Å². The van der Waals surface area contributed by atoms with Crippen LogP contribution in [-0.4, -0.2) is 76.2 Å². The second kappa shape index (κ2) is 9.77. The number of carbonyl (C=O) groups is 3. The highest BCUT2D eigenvalue weighted by atomic mass is 16.6. The second-order valence-electron chi connectivity index (χ2n) is 9.30. The minimum Gasteiger partial charge on any atom is -0.491 e. The number of amides is 2. The molecule has 196 valence electrons. The van der Waals surface area contributed by atoms with E-state index in [0.717, 1.165) is 11.2 Å². The molecule has 5 heterocycles. The van der Waals surface area contributed by atoms with Gasteiger partial charge in [-0.1, -0.05) is 0 Å². The van der Waals surface area contributed by atoms with E-state index in [4.69, 9.17) is 14.2 Å². The number of ether oxygens (including phenoxy) is 3. The highest BCUT2D eigenvalue weighted by molar-refractivity contribution is 5.96. The molecule has 2 atom stereocenters. The number of nitrogens with zero attached hydrogens (tertiary/aromatic N) is 5. The van der Waals surface area contributed by atoms with E-state index in [-0.39, 0.29) is 36.6 Å². The summed E-state index contributed by atoms with van der Waals surface area (Å²) in [5, 5.41) is 4.15. The summed E-state index contributed by atoms with van der Waals surface area (Å²) in [6, 6.07) is 6.57. The number of benzene rings is 1. The number of anilines is 1. The van der Waals surface area contributed by atoms with E-state index in [1.165, 1.54) is 13.3 Å². The number of esters is 1. The lowest BCUT2D eigenvalue weighted by Crippen LogP contribution is -2.44. The first-order valence-corrected chi connectivity index (χ1v) is 12.5. The standard InChI is InChI=1S/C26H26N6O6/c1-36-22-19(37-11-3-5-20(33)32-14-16-12-18(32)25(35)38-16)7-6-17-21(22)29-26(31-10-9-28-23(17)31)30-24(34)15-4-2-8-27-13-15/h2,4,6-8,13,16,18,28H,3,5,9-12,14H2,1H3. The van der Waals surface area contributed by atoms with E-state index in [2.05, 4.69) is 20.3 Å². The van der Waals surface area contributed by atoms with Gasteiger partial charge in [-0.25, -0.2) is 9.78 Å². The molecule has 12 nitrogen and oxygen atoms in total. The molecule has 2 aromatic heterocycles. The van der Waals surface area contributed by atoms with Crippen LogP contribution in [0.15, 0.2) is 41.7 Å². The zero-order valence-corrected chi connectivity index (χ0v) is 20.8. The topological polar surface area (TPSA) is 137 Å². The first-order chi connectivity index (χ1) is 18.5. The van der Waals surface area contributed by atoms with Crippen LogP contribution in [0.2, 0.25) is 0 Å². The molecule has 0 radical (unpaired) electrons. The first-order valence-electron chi connectivity index (χ1n) is 12.5. The minimum atomic E-state index is -0.446. The number of methoxy groups -OCH3 is 1. The monoisotopic (exact) mass is 518 g/mol. The third-order valence-electron chi connectivity index (χ3n) is 6.95. The minimum absolute atomic E-state index is 0.0758. The Hall–Kier alpha value is -4.48. The molecular formula is C26H26N6O6. The van der Waals surface area contributed by atoms with Crippen LogP contribution in [0.1, 0.15) is 29.6 Å². The van der Waals surface area contributed by atoms with Crippen LogP contribution in [-0.2, 0) is 20.9 Å². The predicted molar refractivity (Wildman–Crippen MR) is 134 cm³/mol. The number of aromatic nitrogens is 3. The molecule has 38 heavy (non-hydrogen) atoms. The lowest BCUT2D eigenvalue weighted by Gasteiger charge is -2.25. The van der Waals surface area contributed by atoms with Crippen LogP contribution in [0, 0.1) is 0 Å². The number of pyridine rings is 1. The lowest BCUT2D eigenvalue weighted by molar-refractivity contribution is -0.157. The number of likely N-dealkylation sites (tertiary alicyclic amines) is 1. The molecule has 12 heteroatoms. The van der Waals surface area contributed by atoms with Gasteiger partial charge in [-0.3, -0.25) is 19.1 Å². The van der Waals surface area contributed by atoms with Crippen LogP contribution in [0.4, 0.5) is 5.82 Å². The fourth-order valence-electron chi connectivity index (χ4n) is 5.16. The van der Waals surface area contributed by atoms with Crippen molar-refractivity contribution in [3.8, 4) is 11.5 Å². The summed E-state index contributed by atoms with van der Waals surface area (Å²) < 4.78 is 18.7. The molecule has 3 aliphatic heterocycles. The summed E-state index contributed by atoms with van der Waals surface area (Å²) in [6.45, 7) is 2.03. The van der Waals surface area contributed by atoms with E-state index in [0.29, 0.717) is 55.1 Å². The molecule has 2 bridgehead atoms. The quantitative estimate of drug-likeness (QED) is 0.362. The molecule has 2 unspecified atom stereocenters. The fourth-order valence-corrected chi connectivity index (χ4v) is 5.16. The van der Waals surface area contributed by atoms with Crippen molar-refractivity contribution in [1.29, 1.82) is 0 Å². The van der Waals surface area contributed by atoms with E-state index < -0.39 is 11.9 Å². The number of morpholine rings is 1. The maximum atomic E-state index is 12.8. The van der Waals surface area contributed by atoms with Crippen LogP contribution >= 0.6 is 0 Å². The van der Waals surface area contributed by atoms with Crippen LogP contribution in [0.25, 0.3) is 10.9 Å². The Kier molecular flexibility index (Phi) is 6.14. The number of rotatable bonds is 7. The average Bonchev–Trinajstić information content (AvgIpc) is 3.67. The van der Waals surface area contributed by atoms with Crippen molar-refractivity contribution in [2.24, 2.45) is 4.99 Å². The second-order valence-corrected chi connectivity index (χ2v) is 9.30. The third-order valence-corrected chi connectivity index (χ3v) is 6.95. The summed E-state index contributed by atoms with van der Waals surface area (Å²) in [7, 11) is 1.53. The van der Waals surface area contributed by atoms with Gasteiger partial charge < -0.3 is 24.4 Å². The number of hydrogen-bond acceptors (Lipinski definition) is 9. The molecular weight excluding hydrogens is 492 g/mol. The SMILES string of the molecule is COc1c(OCCCC(=O)N2CC3CC2C(=O)O3)ccc2c3n(c(=NC(=O)c4cccnc4)nc12)CCN3. The summed E-state index contributed by atoms with van der Waals surface area (Å²) in [4.78, 5) is 51.7. The molecule has 6 rings (SSSR count). The van der Waals surface area contributed by atoms with Crippen molar-refractivity contribution in [1.82, 2.24) is 19.4 Å². The lowest BCUT2D eigenvalue weighted by atomic mass is 10.2. The van der Waals surface area contributed by atoms with Crippen molar-refractivity contribution in [2.45, 2.75) is 38.0 Å². The van der Waals surface area contributed by atoms with E-state index in [1.54, 1.807) is 29.3 Å². The first kappa shape index (κ1) is 23.9. The van der Waals surface area contributed by atoms with Crippen molar-refractivity contribution in [3.05, 3.63) is 47.8 Å². The van der Waals surface area contributed by atoms with E-state index >= 15 is 0 Å². The van der Waals surface area contributed by atoms with E-state index in [1.807, 2.05) is 10.6 Å². The smallest absolute Gasteiger partial charge is 0.329 e. The highest BCUT2D eigenvalue weighted by Gasteiger charge is 2.48. The molecule has 0 spiro atoms. The molecule has 2 saturated heterocycles. The van der Waals surface area contributed by atoms with Gasteiger partial charge in [0.25, 0.3) is 5.91 Å². The predicted octanol–water partition coefficient (Wildman–Crippen LogP) is 1.29. The Labute approximate surface area is 217 Å². The number of carbonyl (C=O) groups excluding carboxylic acids is 3. The summed E-state index contributed by atoms with van der Waals surface area (Å²) in [5.74, 6) is 0.843. The molecule has 1 N–H and O–H groups in total. The molecule has 3 aliphatic rings. The van der Waals surface area contributed by atoms with Gasteiger partial charge in [0.2, 0.25) is 11.5 Å². The molecule has 2 fully saturated rings. The van der Waals surface area contributed by atoms with Gasteiger partial charge in [0.15, 0.2) is 11.5 Å². The van der Waals surface area contributed by atoms with Crippen molar-refractivity contribution < 1.29 is 28.6 Å². The van der Waals surface area contributed by atoms with Gasteiger partial charge in [0.05, 0.1) is 25.8 Å². The maximum Gasteiger partial charge on any atom is 0.329 e. The average molecular weight is 519 g/mol. The zero-order chi connectivity index (χ0) is 26.2. The maximum absolute atomic E-state index is 12.8. The summed E-state index contributed by atoms with van der Waals surface area (Å²) >= 11 is 0. The Morgan fingerprint density at radius 1 is 1.29 bits per heavy atom. The largest absolute Gasteiger partial charge is 0.491 e. The van der Waals surface area contributed by atoms with Gasteiger partial charge >= 0.3 is 5.97 Å². The van der Waals surface area contributed by atoms with E-state index in [9.17, 15) is 14.4 Å². The van der Waals surface area contributed by atoms with Crippen LogP contribution in [0.3, 0.4) is 0 Å². The number of nitrogens with one attached hydrogen (secondary N) is 1. The number of fused-ring (bicyclic) bond motifs is 5. The Morgan fingerprint density at radius 3 is 2.95 bits per heavy atom. The third kappa shape index (κ3) is 4.21. The normalized spacial score (nSPS) is 19.9. The molecule has 3 aromatic rings. The molecule has 1 aromatic carbocycles. The Balaban J connectivity index is 1.22.